The van der Waals surface area contributed by atoms with Gasteiger partial charge in [0.25, 0.3) is 8.53 Å². The molecular formula is C24H38N3O6P. The van der Waals surface area contributed by atoms with Crippen LogP contribution in [0.5, 0.6) is 0 Å². The van der Waals surface area contributed by atoms with E-state index in [0.29, 0.717) is 31.9 Å². The van der Waals surface area contributed by atoms with Crippen molar-refractivity contribution in [2.24, 2.45) is 0 Å². The van der Waals surface area contributed by atoms with Crippen LogP contribution in [-0.4, -0.2) is 62.7 Å². The highest BCUT2D eigenvalue weighted by Gasteiger charge is 2.27. The fourth-order valence-electron chi connectivity index (χ4n) is 3.38. The molecule has 0 spiro atoms. The van der Waals surface area contributed by atoms with Crippen molar-refractivity contribution in [3.05, 3.63) is 29.3 Å². The second-order valence-electron chi connectivity index (χ2n) is 8.08. The fourth-order valence-corrected chi connectivity index (χ4v) is 5.01. The molecule has 34 heavy (non-hydrogen) atoms. The van der Waals surface area contributed by atoms with E-state index in [1.54, 1.807) is 12.1 Å². The van der Waals surface area contributed by atoms with Gasteiger partial charge in [-0.1, -0.05) is 6.07 Å². The summed E-state index contributed by atoms with van der Waals surface area (Å²) in [5, 5.41) is 12.0. The van der Waals surface area contributed by atoms with Crippen LogP contribution in [-0.2, 0) is 18.5 Å². The number of carbonyl (C=O) groups is 2. The van der Waals surface area contributed by atoms with Crippen molar-refractivity contribution in [3.8, 4) is 6.07 Å². The average molecular weight is 496 g/mol. The second-order valence-corrected chi connectivity index (χ2v) is 9.53. The highest BCUT2D eigenvalue weighted by atomic mass is 31.2. The second kappa shape index (κ2) is 16.4. The van der Waals surface area contributed by atoms with E-state index in [4.69, 9.17) is 23.8 Å². The highest BCUT2D eigenvalue weighted by Crippen LogP contribution is 2.46. The van der Waals surface area contributed by atoms with E-state index >= 15 is 0 Å². The molecule has 1 N–H and O–H groups in total. The lowest BCUT2D eigenvalue weighted by molar-refractivity contribution is 0.0556. The molecule has 0 saturated carbocycles. The number of unbranched alkanes of at least 4 members (excludes halogenated alkanes) is 2. The molecule has 10 heteroatoms. The zero-order valence-electron chi connectivity index (χ0n) is 21.1. The molecule has 0 aliphatic carbocycles. The zero-order valence-corrected chi connectivity index (χ0v) is 22.0. The van der Waals surface area contributed by atoms with Crippen LogP contribution in [0, 0.1) is 11.3 Å². The highest BCUT2D eigenvalue weighted by molar-refractivity contribution is 7.44. The first-order valence-corrected chi connectivity index (χ1v) is 12.7. The van der Waals surface area contributed by atoms with Crippen molar-refractivity contribution in [2.75, 3.05) is 39.3 Å². The van der Waals surface area contributed by atoms with Crippen molar-refractivity contribution < 1.29 is 28.1 Å². The molecule has 0 aliphatic heterocycles. The van der Waals surface area contributed by atoms with Crippen molar-refractivity contribution >= 4 is 26.2 Å². The zero-order chi connectivity index (χ0) is 25.5. The SMILES string of the molecule is COC(=O)c1cccc(NCCCCCOP(OCCC#N)N(C(C)C)C(C)C)c1C(=O)OC. The third-order valence-corrected chi connectivity index (χ3v) is 6.97. The lowest BCUT2D eigenvalue weighted by Gasteiger charge is -2.35. The maximum atomic E-state index is 12.2. The van der Waals surface area contributed by atoms with Gasteiger partial charge in [0, 0.05) is 24.3 Å². The van der Waals surface area contributed by atoms with Crippen molar-refractivity contribution in [2.45, 2.75) is 65.5 Å². The Morgan fingerprint density at radius 1 is 1.00 bits per heavy atom. The quantitative estimate of drug-likeness (QED) is 0.189. The van der Waals surface area contributed by atoms with E-state index in [1.807, 2.05) is 0 Å². The molecule has 1 aromatic rings. The first-order chi connectivity index (χ1) is 16.3. The Morgan fingerprint density at radius 2 is 1.65 bits per heavy atom. The maximum absolute atomic E-state index is 12.2. The van der Waals surface area contributed by atoms with Gasteiger partial charge < -0.3 is 23.8 Å². The molecular weight excluding hydrogens is 457 g/mol. The Labute approximate surface area is 204 Å². The number of hydrogen-bond donors (Lipinski definition) is 1. The predicted molar refractivity (Wildman–Crippen MR) is 133 cm³/mol. The number of carbonyl (C=O) groups excluding carboxylic acids is 2. The minimum Gasteiger partial charge on any atom is -0.465 e. The molecule has 0 bridgehead atoms. The monoisotopic (exact) mass is 495 g/mol. The van der Waals surface area contributed by atoms with E-state index in [9.17, 15) is 9.59 Å². The molecule has 1 aromatic carbocycles. The smallest absolute Gasteiger partial charge is 0.340 e. The van der Waals surface area contributed by atoms with Gasteiger partial charge in [-0.15, -0.1) is 0 Å². The van der Waals surface area contributed by atoms with Gasteiger partial charge in [0.1, 0.15) is 0 Å². The Hall–Kier alpha value is -2.24. The summed E-state index contributed by atoms with van der Waals surface area (Å²) < 4.78 is 23.8. The number of nitriles is 1. The number of esters is 2. The minimum absolute atomic E-state index is 0.164. The lowest BCUT2D eigenvalue weighted by atomic mass is 10.0. The Bertz CT molecular complexity index is 804. The Balaban J connectivity index is 2.58. The van der Waals surface area contributed by atoms with Gasteiger partial charge in [-0.2, -0.15) is 5.26 Å². The summed E-state index contributed by atoms with van der Waals surface area (Å²) in [6, 6.07) is 7.60. The maximum Gasteiger partial charge on any atom is 0.340 e. The molecule has 1 rings (SSSR count). The molecule has 9 nitrogen and oxygen atoms in total. The molecule has 0 aliphatic rings. The number of hydrogen-bond acceptors (Lipinski definition) is 9. The minimum atomic E-state index is -1.23. The molecule has 1 unspecified atom stereocenters. The number of benzene rings is 1. The average Bonchev–Trinajstić information content (AvgIpc) is 2.81. The van der Waals surface area contributed by atoms with Crippen LogP contribution in [0.15, 0.2) is 18.2 Å². The third kappa shape index (κ3) is 9.55. The van der Waals surface area contributed by atoms with Gasteiger partial charge in [0.2, 0.25) is 0 Å². The molecule has 1 atom stereocenters. The van der Waals surface area contributed by atoms with Crippen LogP contribution in [0.25, 0.3) is 0 Å². The largest absolute Gasteiger partial charge is 0.465 e. The van der Waals surface area contributed by atoms with E-state index in [0.717, 1.165) is 19.3 Å². The van der Waals surface area contributed by atoms with Gasteiger partial charge in [-0.3, -0.25) is 0 Å². The van der Waals surface area contributed by atoms with E-state index in [-0.39, 0.29) is 23.2 Å². The van der Waals surface area contributed by atoms with Crippen LogP contribution >= 0.6 is 8.53 Å². The van der Waals surface area contributed by atoms with E-state index in [2.05, 4.69) is 43.8 Å². The first kappa shape index (κ1) is 29.8. The van der Waals surface area contributed by atoms with Crippen LogP contribution in [0.3, 0.4) is 0 Å². The number of nitrogens with one attached hydrogen (secondary N) is 1. The van der Waals surface area contributed by atoms with Crippen LogP contribution < -0.4 is 5.32 Å². The summed E-state index contributed by atoms with van der Waals surface area (Å²) in [7, 11) is 1.32. The molecule has 0 amide bonds. The molecule has 0 saturated heterocycles. The summed E-state index contributed by atoms with van der Waals surface area (Å²) in [5.74, 6) is -1.19. The predicted octanol–water partition coefficient (Wildman–Crippen LogP) is 5.13. The summed E-state index contributed by atoms with van der Waals surface area (Å²) >= 11 is 0. The van der Waals surface area contributed by atoms with E-state index < -0.39 is 20.5 Å². The van der Waals surface area contributed by atoms with E-state index in [1.165, 1.54) is 20.3 Å². The number of ether oxygens (including phenoxy) is 2. The standard InChI is InChI=1S/C24H38N3O6P/c1-18(2)27(19(3)4)34(33-17-11-14-25)32-16-9-7-8-15-26-21-13-10-12-20(23(28)30-5)22(21)24(29)31-6/h10,12-13,18-19,26H,7-9,11,15-17H2,1-6H3. The molecule has 190 valence electrons. The van der Waals surface area contributed by atoms with Crippen molar-refractivity contribution in [3.63, 3.8) is 0 Å². The van der Waals surface area contributed by atoms with Crippen LogP contribution in [0.2, 0.25) is 0 Å². The number of anilines is 1. The summed E-state index contributed by atoms with van der Waals surface area (Å²) in [6.07, 6.45) is 2.93. The summed E-state index contributed by atoms with van der Waals surface area (Å²) in [5.41, 5.74) is 0.866. The summed E-state index contributed by atoms with van der Waals surface area (Å²) in [4.78, 5) is 24.3. The van der Waals surface area contributed by atoms with Gasteiger partial charge in [0.05, 0.1) is 51.1 Å². The van der Waals surface area contributed by atoms with Gasteiger partial charge in [0.15, 0.2) is 0 Å². The van der Waals surface area contributed by atoms with Crippen molar-refractivity contribution in [1.29, 1.82) is 5.26 Å². The molecule has 0 aromatic heterocycles. The first-order valence-electron chi connectivity index (χ1n) is 11.5. The van der Waals surface area contributed by atoms with Crippen LogP contribution in [0.4, 0.5) is 5.69 Å². The lowest BCUT2D eigenvalue weighted by Crippen LogP contribution is -2.33. The Morgan fingerprint density at radius 3 is 2.24 bits per heavy atom. The fraction of sp³-hybridized carbons (Fsp3) is 0.625. The molecule has 0 heterocycles. The number of methoxy groups -OCH3 is 2. The molecule has 0 radical (unpaired) electrons. The number of rotatable bonds is 16. The van der Waals surface area contributed by atoms with Crippen LogP contribution in [0.1, 0.15) is 74.1 Å². The topological polar surface area (TPSA) is 110 Å². The summed E-state index contributed by atoms with van der Waals surface area (Å²) in [6.45, 7) is 9.96. The normalized spacial score (nSPS) is 12.0. The number of nitrogens with zero attached hydrogens (tertiary/aromatic N) is 2. The van der Waals surface area contributed by atoms with Gasteiger partial charge in [-0.25, -0.2) is 14.3 Å². The van der Waals surface area contributed by atoms with Gasteiger partial charge >= 0.3 is 11.9 Å². The third-order valence-electron chi connectivity index (χ3n) is 4.86. The molecule has 0 fully saturated rings. The van der Waals surface area contributed by atoms with Gasteiger partial charge in [-0.05, 0) is 59.1 Å². The van der Waals surface area contributed by atoms with Crippen molar-refractivity contribution in [1.82, 2.24) is 4.67 Å². The Kier molecular flexibility index (Phi) is 14.4.